The molecule has 1 aliphatic carbocycles. The first-order valence-corrected chi connectivity index (χ1v) is 4.90. The van der Waals surface area contributed by atoms with Crippen molar-refractivity contribution in [2.24, 2.45) is 5.92 Å². The Bertz CT molecular complexity index is 254. The molecule has 0 aromatic carbocycles. The lowest BCUT2D eigenvalue weighted by Gasteiger charge is -2.17. The van der Waals surface area contributed by atoms with E-state index >= 15 is 0 Å². The highest BCUT2D eigenvalue weighted by atomic mass is 35.5. The molecule has 0 spiro atoms. The van der Waals surface area contributed by atoms with Crippen LogP contribution < -0.4 is 0 Å². The van der Waals surface area contributed by atoms with Crippen molar-refractivity contribution < 1.29 is 9.59 Å². The highest BCUT2D eigenvalue weighted by Crippen LogP contribution is 2.23. The van der Waals surface area contributed by atoms with Gasteiger partial charge in [0, 0.05) is 12.3 Å². The van der Waals surface area contributed by atoms with Gasteiger partial charge in [-0.15, -0.1) is 0 Å². The van der Waals surface area contributed by atoms with Gasteiger partial charge in [-0.05, 0) is 12.8 Å². The van der Waals surface area contributed by atoms with Crippen LogP contribution in [-0.4, -0.2) is 11.6 Å². The summed E-state index contributed by atoms with van der Waals surface area (Å²) in [4.78, 5) is 22.1. The minimum atomic E-state index is -0.0646. The van der Waals surface area contributed by atoms with Crippen LogP contribution in [0, 0.1) is 5.92 Å². The number of ketones is 2. The fraction of sp³-hybridized carbons (Fsp3) is 0.556. The predicted octanol–water partition coefficient (Wildman–Crippen LogP) is 2.63. The van der Waals surface area contributed by atoms with Gasteiger partial charge < -0.3 is 0 Å². The molecular formula is C9H10Cl2O2. The molecule has 0 aromatic heterocycles. The van der Waals surface area contributed by atoms with Gasteiger partial charge in [0.2, 0.25) is 0 Å². The fourth-order valence-corrected chi connectivity index (χ4v) is 1.58. The van der Waals surface area contributed by atoms with Gasteiger partial charge in [-0.1, -0.05) is 29.3 Å². The van der Waals surface area contributed by atoms with E-state index in [4.69, 9.17) is 23.2 Å². The normalized spacial score (nSPS) is 23.1. The Hall–Kier alpha value is -0.340. The second-order valence-electron chi connectivity index (χ2n) is 3.15. The first kappa shape index (κ1) is 10.7. The van der Waals surface area contributed by atoms with Crippen molar-refractivity contribution >= 4 is 34.8 Å². The van der Waals surface area contributed by atoms with E-state index in [2.05, 4.69) is 0 Å². The van der Waals surface area contributed by atoms with Gasteiger partial charge in [-0.25, -0.2) is 0 Å². The molecule has 1 fully saturated rings. The van der Waals surface area contributed by atoms with Crippen LogP contribution in [0.4, 0.5) is 0 Å². The van der Waals surface area contributed by atoms with Crippen LogP contribution in [0.3, 0.4) is 0 Å². The van der Waals surface area contributed by atoms with E-state index in [0.717, 1.165) is 0 Å². The molecule has 1 aliphatic rings. The molecule has 72 valence electrons. The number of halogens is 2. The summed E-state index contributed by atoms with van der Waals surface area (Å²) in [6, 6.07) is 0. The van der Waals surface area contributed by atoms with Gasteiger partial charge in [-0.3, -0.25) is 9.59 Å². The fourth-order valence-electron chi connectivity index (χ4n) is 1.40. The SMILES string of the molecule is O=C1CCC(CC=C(Cl)Cl)C(=O)C1. The summed E-state index contributed by atoms with van der Waals surface area (Å²) in [5.41, 5.74) is 0. The first-order valence-electron chi connectivity index (χ1n) is 4.15. The van der Waals surface area contributed by atoms with E-state index in [9.17, 15) is 9.59 Å². The maximum Gasteiger partial charge on any atom is 0.143 e. The standard InChI is InChI=1S/C9H10Cl2O2/c10-9(11)4-2-6-1-3-7(12)5-8(6)13/h4,6H,1-3,5H2. The molecule has 0 saturated heterocycles. The Balaban J connectivity index is 2.47. The number of rotatable bonds is 2. The minimum absolute atomic E-state index is 0.0158. The number of hydrogen-bond donors (Lipinski definition) is 0. The number of carbonyl (C=O) groups excluding carboxylic acids is 2. The summed E-state index contributed by atoms with van der Waals surface area (Å²) < 4.78 is 0.185. The van der Waals surface area contributed by atoms with E-state index < -0.39 is 0 Å². The average Bonchev–Trinajstić information content (AvgIpc) is 2.02. The zero-order valence-corrected chi connectivity index (χ0v) is 8.57. The molecule has 0 aliphatic heterocycles. The molecule has 1 atom stereocenters. The van der Waals surface area contributed by atoms with E-state index in [0.29, 0.717) is 19.3 Å². The van der Waals surface area contributed by atoms with Crippen LogP contribution >= 0.6 is 23.2 Å². The van der Waals surface area contributed by atoms with Crippen LogP contribution in [0.5, 0.6) is 0 Å². The lowest BCUT2D eigenvalue weighted by molar-refractivity contribution is -0.132. The maximum atomic E-state index is 11.3. The van der Waals surface area contributed by atoms with Gasteiger partial charge in [0.15, 0.2) is 0 Å². The molecule has 1 unspecified atom stereocenters. The van der Waals surface area contributed by atoms with Crippen LogP contribution in [-0.2, 0) is 9.59 Å². The largest absolute Gasteiger partial charge is 0.299 e. The summed E-state index contributed by atoms with van der Waals surface area (Å²) >= 11 is 10.8. The number of carbonyl (C=O) groups is 2. The third-order valence-electron chi connectivity index (χ3n) is 2.16. The Morgan fingerprint density at radius 3 is 2.69 bits per heavy atom. The van der Waals surface area contributed by atoms with E-state index in [1.165, 1.54) is 0 Å². The molecule has 0 N–H and O–H groups in total. The Morgan fingerprint density at radius 2 is 2.15 bits per heavy atom. The summed E-state index contributed by atoms with van der Waals surface area (Å²) in [6.07, 6.45) is 3.38. The molecule has 1 rings (SSSR count). The van der Waals surface area contributed by atoms with Crippen molar-refractivity contribution in [1.82, 2.24) is 0 Å². The topological polar surface area (TPSA) is 34.1 Å². The van der Waals surface area contributed by atoms with Crippen molar-refractivity contribution in [3.8, 4) is 0 Å². The van der Waals surface area contributed by atoms with Gasteiger partial charge >= 0.3 is 0 Å². The zero-order valence-electron chi connectivity index (χ0n) is 7.06. The number of Topliss-reactive ketones (excluding diaryl/α,β-unsaturated/α-hetero) is 2. The molecular weight excluding hydrogens is 211 g/mol. The van der Waals surface area contributed by atoms with E-state index in [-0.39, 0.29) is 28.4 Å². The number of hydrogen-bond acceptors (Lipinski definition) is 2. The van der Waals surface area contributed by atoms with Crippen molar-refractivity contribution in [2.75, 3.05) is 0 Å². The van der Waals surface area contributed by atoms with E-state index in [1.807, 2.05) is 0 Å². The predicted molar refractivity (Wildman–Crippen MR) is 51.8 cm³/mol. The molecule has 0 amide bonds. The third kappa shape index (κ3) is 3.49. The van der Waals surface area contributed by atoms with Crippen LogP contribution in [0.2, 0.25) is 0 Å². The smallest absolute Gasteiger partial charge is 0.143 e. The van der Waals surface area contributed by atoms with Crippen LogP contribution in [0.25, 0.3) is 0 Å². The molecule has 1 saturated carbocycles. The van der Waals surface area contributed by atoms with Gasteiger partial charge in [0.05, 0.1) is 6.42 Å². The summed E-state index contributed by atoms with van der Waals surface area (Å²) in [7, 11) is 0. The lowest BCUT2D eigenvalue weighted by Crippen LogP contribution is -2.24. The Morgan fingerprint density at radius 1 is 1.46 bits per heavy atom. The molecule has 0 radical (unpaired) electrons. The molecule has 0 aromatic rings. The average molecular weight is 221 g/mol. The minimum Gasteiger partial charge on any atom is -0.299 e. The Labute approximate surface area is 86.9 Å². The summed E-state index contributed by atoms with van der Waals surface area (Å²) in [5, 5.41) is 0. The van der Waals surface area contributed by atoms with E-state index in [1.54, 1.807) is 6.08 Å². The number of allylic oxidation sites excluding steroid dienone is 1. The van der Waals surface area contributed by atoms with Crippen LogP contribution in [0.15, 0.2) is 10.6 Å². The highest BCUT2D eigenvalue weighted by molar-refractivity contribution is 6.55. The first-order chi connectivity index (χ1) is 6.09. The van der Waals surface area contributed by atoms with Crippen LogP contribution in [0.1, 0.15) is 25.7 Å². The highest BCUT2D eigenvalue weighted by Gasteiger charge is 2.25. The quantitative estimate of drug-likeness (QED) is 0.671. The van der Waals surface area contributed by atoms with Gasteiger partial charge in [-0.2, -0.15) is 0 Å². The van der Waals surface area contributed by atoms with Gasteiger partial charge in [0.1, 0.15) is 16.1 Å². The summed E-state index contributed by atoms with van der Waals surface area (Å²) in [5.74, 6) is -0.00511. The monoisotopic (exact) mass is 220 g/mol. The van der Waals surface area contributed by atoms with Crippen molar-refractivity contribution in [1.29, 1.82) is 0 Å². The molecule has 0 bridgehead atoms. The van der Waals surface area contributed by atoms with Crippen molar-refractivity contribution in [2.45, 2.75) is 25.7 Å². The van der Waals surface area contributed by atoms with Crippen molar-refractivity contribution in [3.63, 3.8) is 0 Å². The van der Waals surface area contributed by atoms with Crippen molar-refractivity contribution in [3.05, 3.63) is 10.6 Å². The maximum absolute atomic E-state index is 11.3. The molecule has 4 heteroatoms. The van der Waals surface area contributed by atoms with Gasteiger partial charge in [0.25, 0.3) is 0 Å². The summed E-state index contributed by atoms with van der Waals surface area (Å²) in [6.45, 7) is 0. The molecule has 2 nitrogen and oxygen atoms in total. The zero-order chi connectivity index (χ0) is 9.84. The second-order valence-corrected chi connectivity index (χ2v) is 4.15. The molecule has 0 heterocycles. The lowest BCUT2D eigenvalue weighted by atomic mass is 9.85. The molecule has 13 heavy (non-hydrogen) atoms. The third-order valence-corrected chi connectivity index (χ3v) is 2.46. The second kappa shape index (κ2) is 4.77. The Kier molecular flexibility index (Phi) is 3.94.